The average Bonchev–Trinajstić information content (AvgIpc) is 3.46. The topological polar surface area (TPSA) is 135 Å². The third-order valence-corrected chi connectivity index (χ3v) is 10.1. The lowest BCUT2D eigenvalue weighted by atomic mass is 9.97. The van der Waals surface area contributed by atoms with Gasteiger partial charge in [0, 0.05) is 24.1 Å². The van der Waals surface area contributed by atoms with Crippen molar-refractivity contribution in [3.63, 3.8) is 0 Å². The van der Waals surface area contributed by atoms with Gasteiger partial charge in [0.1, 0.15) is 6.04 Å². The number of sulfone groups is 1. The number of carbonyl (C=O) groups excluding carboxylic acids is 3. The zero-order valence-corrected chi connectivity index (χ0v) is 24.8. The molecular formula is C34H26N4O6S. The molecule has 0 radical (unpaired) electrons. The summed E-state index contributed by atoms with van der Waals surface area (Å²) in [5.41, 5.74) is 3.93. The number of nitrogens with one attached hydrogen (secondary N) is 1. The first kappa shape index (κ1) is 28.5. The Hall–Kier alpha value is -5.26. The van der Waals surface area contributed by atoms with Crippen LogP contribution in [0.25, 0.3) is 11.1 Å². The van der Waals surface area contributed by atoms with Gasteiger partial charge < -0.3 is 10.1 Å². The number of hydrogen-bond donors (Lipinski definition) is 1. The van der Waals surface area contributed by atoms with E-state index in [1.807, 2.05) is 30.3 Å². The minimum atomic E-state index is -3.61. The van der Waals surface area contributed by atoms with Crippen molar-refractivity contribution in [3.8, 4) is 11.1 Å². The van der Waals surface area contributed by atoms with E-state index in [0.717, 1.165) is 10.5 Å². The van der Waals surface area contributed by atoms with Crippen molar-refractivity contribution in [1.82, 2.24) is 10.2 Å². The average molecular weight is 619 g/mol. The fourth-order valence-corrected chi connectivity index (χ4v) is 7.48. The molecule has 7 rings (SSSR count). The van der Waals surface area contributed by atoms with E-state index < -0.39 is 39.7 Å². The number of rotatable bonds is 6. The molecule has 0 aromatic heterocycles. The van der Waals surface area contributed by atoms with E-state index in [1.54, 1.807) is 66.7 Å². The number of hydrogen-bond acceptors (Lipinski definition) is 9. The molecule has 3 aliphatic rings. The van der Waals surface area contributed by atoms with Gasteiger partial charge in [-0.3, -0.25) is 14.5 Å². The van der Waals surface area contributed by atoms with Gasteiger partial charge in [-0.1, -0.05) is 66.7 Å². The maximum atomic E-state index is 13.3. The first-order valence-electron chi connectivity index (χ1n) is 14.3. The fraction of sp³-hybridized carbons (Fsp3) is 0.147. The van der Waals surface area contributed by atoms with E-state index in [2.05, 4.69) is 15.5 Å². The second kappa shape index (κ2) is 11.0. The van der Waals surface area contributed by atoms with E-state index in [4.69, 9.17) is 4.74 Å². The van der Waals surface area contributed by atoms with Crippen molar-refractivity contribution in [2.45, 2.75) is 41.8 Å². The largest absolute Gasteiger partial charge is 0.407 e. The number of amides is 2. The second-order valence-electron chi connectivity index (χ2n) is 10.9. The minimum absolute atomic E-state index is 0.00257. The van der Waals surface area contributed by atoms with E-state index in [1.165, 1.54) is 6.92 Å². The Bertz CT molecular complexity index is 2040. The van der Waals surface area contributed by atoms with Crippen LogP contribution in [0.1, 0.15) is 45.2 Å². The number of ether oxygens (including phenoxy) is 1. The van der Waals surface area contributed by atoms with Gasteiger partial charge in [0.15, 0.2) is 0 Å². The fourth-order valence-electron chi connectivity index (χ4n) is 5.81. The summed E-state index contributed by atoms with van der Waals surface area (Å²) in [5.74, 6) is -1.96. The summed E-state index contributed by atoms with van der Waals surface area (Å²) in [4.78, 5) is 40.7. The highest BCUT2D eigenvalue weighted by atomic mass is 32.2. The molecule has 0 fully saturated rings. The number of imide groups is 1. The van der Waals surface area contributed by atoms with Crippen molar-refractivity contribution in [2.75, 3.05) is 0 Å². The summed E-state index contributed by atoms with van der Waals surface area (Å²) >= 11 is 0. The molecule has 0 bridgehead atoms. The number of carbonyl (C=O) groups is 3. The number of benzene rings is 4. The summed E-state index contributed by atoms with van der Waals surface area (Å²) < 4.78 is 31.9. The van der Waals surface area contributed by atoms with Crippen LogP contribution in [0.15, 0.2) is 117 Å². The molecule has 2 unspecified atom stereocenters. The Kier molecular flexibility index (Phi) is 6.99. The molecule has 224 valence electrons. The predicted octanol–water partition coefficient (Wildman–Crippen LogP) is 4.39. The molecule has 4 aromatic carbocycles. The van der Waals surface area contributed by atoms with Gasteiger partial charge in [-0.05, 0) is 48.4 Å². The van der Waals surface area contributed by atoms with Crippen molar-refractivity contribution in [1.29, 1.82) is 0 Å². The van der Waals surface area contributed by atoms with Crippen LogP contribution >= 0.6 is 0 Å². The van der Waals surface area contributed by atoms with E-state index in [0.29, 0.717) is 28.9 Å². The molecule has 0 saturated heterocycles. The molecule has 3 heterocycles. The third kappa shape index (κ3) is 4.86. The lowest BCUT2D eigenvalue weighted by molar-refractivity contribution is -0.139. The number of nitrogens with zero attached hydrogens (tertiary/aromatic N) is 3. The normalized spacial score (nSPS) is 18.4. The Balaban J connectivity index is 1.18. The highest BCUT2D eigenvalue weighted by Crippen LogP contribution is 2.43. The van der Waals surface area contributed by atoms with Gasteiger partial charge in [-0.15, -0.1) is 5.10 Å². The van der Waals surface area contributed by atoms with Crippen LogP contribution in [-0.2, 0) is 25.9 Å². The zero-order valence-electron chi connectivity index (χ0n) is 24.0. The monoisotopic (exact) mass is 618 g/mol. The van der Waals surface area contributed by atoms with Crippen LogP contribution in [0.2, 0.25) is 0 Å². The predicted molar refractivity (Wildman–Crippen MR) is 165 cm³/mol. The second-order valence-corrected chi connectivity index (χ2v) is 12.8. The third-order valence-electron chi connectivity index (χ3n) is 8.19. The van der Waals surface area contributed by atoms with Crippen LogP contribution < -0.4 is 5.32 Å². The quantitative estimate of drug-likeness (QED) is 0.220. The Morgan fingerprint density at radius 3 is 2.18 bits per heavy atom. The van der Waals surface area contributed by atoms with Crippen LogP contribution in [0.4, 0.5) is 0 Å². The molecule has 2 amide bonds. The maximum absolute atomic E-state index is 13.3. The first-order chi connectivity index (χ1) is 21.7. The van der Waals surface area contributed by atoms with E-state index in [9.17, 15) is 22.8 Å². The van der Waals surface area contributed by atoms with Gasteiger partial charge in [0.05, 0.1) is 32.7 Å². The number of fused-ring (bicyclic) bond motifs is 4. The summed E-state index contributed by atoms with van der Waals surface area (Å²) in [7, 11) is -3.61. The van der Waals surface area contributed by atoms with Crippen molar-refractivity contribution < 1.29 is 27.5 Å². The van der Waals surface area contributed by atoms with Gasteiger partial charge in [0.25, 0.3) is 11.8 Å². The summed E-state index contributed by atoms with van der Waals surface area (Å²) in [6.07, 6.45) is 0.271. The Morgan fingerprint density at radius 1 is 0.844 bits per heavy atom. The molecule has 11 heteroatoms. The Labute approximate surface area is 259 Å². The number of esters is 1. The SMILES string of the molecule is CC(C(=O)OC1=NN=C(c2ccc3c(c2)-c2ccccc2S3(=O)=O)CC1NCc1ccccc1)N1C(=O)c2ccccc2C1=O. The van der Waals surface area contributed by atoms with E-state index >= 15 is 0 Å². The van der Waals surface area contributed by atoms with Gasteiger partial charge in [-0.25, -0.2) is 13.2 Å². The lowest BCUT2D eigenvalue weighted by Crippen LogP contribution is -2.47. The smallest absolute Gasteiger partial charge is 0.335 e. The van der Waals surface area contributed by atoms with Crippen LogP contribution in [0.5, 0.6) is 0 Å². The molecule has 2 atom stereocenters. The molecule has 0 aliphatic carbocycles. The van der Waals surface area contributed by atoms with Crippen molar-refractivity contribution in [3.05, 3.63) is 119 Å². The molecule has 10 nitrogen and oxygen atoms in total. The molecule has 0 saturated carbocycles. The molecule has 0 spiro atoms. The summed E-state index contributed by atoms with van der Waals surface area (Å²) in [6.45, 7) is 1.87. The standard InChI is InChI=1S/C34H26N4O6S/c1-20(38-32(39)24-12-5-6-13-25(24)33(38)40)34(41)44-31-28(35-19-21-9-3-2-4-10-21)18-27(36-37-31)22-15-16-30-26(17-22)23-11-7-8-14-29(23)45(30,42)43/h2-17,20,28,35H,18-19H2,1H3. The zero-order chi connectivity index (χ0) is 31.3. The van der Waals surface area contributed by atoms with Gasteiger partial charge >= 0.3 is 5.97 Å². The molecule has 45 heavy (non-hydrogen) atoms. The van der Waals surface area contributed by atoms with Crippen LogP contribution in [0, 0.1) is 0 Å². The Morgan fingerprint density at radius 2 is 1.47 bits per heavy atom. The maximum Gasteiger partial charge on any atom is 0.335 e. The van der Waals surface area contributed by atoms with Gasteiger partial charge in [-0.2, -0.15) is 5.10 Å². The van der Waals surface area contributed by atoms with Crippen LogP contribution in [-0.4, -0.2) is 54.8 Å². The molecule has 3 aliphatic heterocycles. The lowest BCUT2D eigenvalue weighted by Gasteiger charge is -2.26. The highest BCUT2D eigenvalue weighted by Gasteiger charge is 2.42. The molecule has 1 N–H and O–H groups in total. The molecule has 4 aromatic rings. The first-order valence-corrected chi connectivity index (χ1v) is 15.8. The highest BCUT2D eigenvalue weighted by molar-refractivity contribution is 7.92. The van der Waals surface area contributed by atoms with Crippen molar-refractivity contribution >= 4 is 39.2 Å². The van der Waals surface area contributed by atoms with Crippen molar-refractivity contribution in [2.24, 2.45) is 10.2 Å². The van der Waals surface area contributed by atoms with Crippen LogP contribution in [0.3, 0.4) is 0 Å². The minimum Gasteiger partial charge on any atom is -0.407 e. The summed E-state index contributed by atoms with van der Waals surface area (Å²) in [6, 6.07) is 26.2. The summed E-state index contributed by atoms with van der Waals surface area (Å²) in [5, 5.41) is 12.0. The van der Waals surface area contributed by atoms with Gasteiger partial charge in [0.2, 0.25) is 15.7 Å². The van der Waals surface area contributed by atoms with E-state index in [-0.39, 0.29) is 33.2 Å². The molecular weight excluding hydrogens is 592 g/mol.